The number of nitrogens with zero attached hydrogens (tertiary/aromatic N) is 8. The highest BCUT2D eigenvalue weighted by atomic mass is 16.5. The first kappa shape index (κ1) is 69.2. The van der Waals surface area contributed by atoms with Gasteiger partial charge in [-0.2, -0.15) is 0 Å². The van der Waals surface area contributed by atoms with Crippen LogP contribution in [0.2, 0.25) is 0 Å². The van der Waals surface area contributed by atoms with Crippen LogP contribution in [0.1, 0.15) is 160 Å². The van der Waals surface area contributed by atoms with Gasteiger partial charge in [0.15, 0.2) is 0 Å². The van der Waals surface area contributed by atoms with E-state index in [1.807, 2.05) is 84.9 Å². The quantitative estimate of drug-likeness (QED) is 0.0679. The van der Waals surface area contributed by atoms with E-state index in [0.29, 0.717) is 24.3 Å². The maximum absolute atomic E-state index is 13.2. The van der Waals surface area contributed by atoms with Gasteiger partial charge in [0.1, 0.15) is 22.8 Å². The molecule has 0 fully saturated rings. The summed E-state index contributed by atoms with van der Waals surface area (Å²) >= 11 is 0. The van der Waals surface area contributed by atoms with E-state index in [4.69, 9.17) is 50.3 Å². The highest BCUT2D eigenvalue weighted by molar-refractivity contribution is 6.30. The van der Waals surface area contributed by atoms with Crippen molar-refractivity contribution in [2.45, 2.75) is 94.9 Å². The van der Waals surface area contributed by atoms with Crippen molar-refractivity contribution in [3.63, 3.8) is 0 Å². The van der Waals surface area contributed by atoms with E-state index in [9.17, 15) is 9.59 Å². The van der Waals surface area contributed by atoms with Crippen LogP contribution in [0.4, 0.5) is 0 Å². The first-order chi connectivity index (χ1) is 51.7. The second kappa shape index (κ2) is 29.7. The van der Waals surface area contributed by atoms with Crippen LogP contribution in [0, 0.1) is 0 Å². The van der Waals surface area contributed by atoms with E-state index in [0.717, 1.165) is 205 Å². The number of carbonyl (C=O) groups excluding carboxylic acids is 2. The summed E-state index contributed by atoms with van der Waals surface area (Å²) in [5.41, 5.74) is 37.2. The van der Waals surface area contributed by atoms with E-state index in [-0.39, 0.29) is 11.9 Å². The van der Waals surface area contributed by atoms with E-state index >= 15 is 0 Å². The van der Waals surface area contributed by atoms with Gasteiger partial charge in [0.2, 0.25) is 0 Å². The van der Waals surface area contributed by atoms with Gasteiger partial charge in [0.05, 0.1) is 47.2 Å². The van der Waals surface area contributed by atoms with Crippen molar-refractivity contribution >= 4 is 57.6 Å². The Kier molecular flexibility index (Phi) is 19.4. The van der Waals surface area contributed by atoms with Crippen LogP contribution in [0.15, 0.2) is 338 Å². The van der Waals surface area contributed by atoms with Gasteiger partial charge in [-0.05, 0) is 229 Å². The molecule has 8 aromatic carbocycles. The van der Waals surface area contributed by atoms with Crippen LogP contribution in [-0.4, -0.2) is 70.8 Å². The van der Waals surface area contributed by atoms with Crippen LogP contribution in [0.3, 0.4) is 0 Å². The normalized spacial score (nSPS) is 16.2. The number of rotatable bonds is 12. The summed E-state index contributed by atoms with van der Waals surface area (Å²) in [6.45, 7) is 21.6. The Hall–Kier alpha value is -12.5. The lowest BCUT2D eigenvalue weighted by Crippen LogP contribution is -2.11. The monoisotopic (exact) mass is 1380 g/mol. The summed E-state index contributed by atoms with van der Waals surface area (Å²) < 4.78 is 11.3. The van der Waals surface area contributed by atoms with Crippen LogP contribution < -0.4 is 0 Å². The number of carbonyl (C=O) groups is 2. The van der Waals surface area contributed by atoms with Crippen molar-refractivity contribution in [1.82, 2.24) is 0 Å². The number of esters is 2. The van der Waals surface area contributed by atoms with Crippen molar-refractivity contribution < 1.29 is 19.1 Å². The van der Waals surface area contributed by atoms with Gasteiger partial charge < -0.3 is 9.47 Å². The molecule has 0 bridgehead atoms. The molecule has 8 aliphatic rings. The first-order valence-electron chi connectivity index (χ1n) is 36.5. The number of benzene rings is 8. The van der Waals surface area contributed by atoms with Crippen molar-refractivity contribution in [2.24, 2.45) is 40.8 Å². The van der Waals surface area contributed by atoms with Crippen LogP contribution in [0.25, 0.3) is 44.5 Å². The molecule has 8 aliphatic carbocycles. The van der Waals surface area contributed by atoms with Gasteiger partial charge in [-0.3, -0.25) is 0 Å². The van der Waals surface area contributed by atoms with E-state index < -0.39 is 0 Å². The number of allylic oxidation sites excluding steroid dienone is 20. The topological polar surface area (TPSA) is 151 Å². The Bertz CT molecular complexity index is 5190. The fourth-order valence-electron chi connectivity index (χ4n) is 15.2. The molecular weight excluding hydrogens is 1310 g/mol. The summed E-state index contributed by atoms with van der Waals surface area (Å²) in [4.78, 5) is 26.4. The highest BCUT2D eigenvalue weighted by Crippen LogP contribution is 2.44. The lowest BCUT2D eigenvalue weighted by molar-refractivity contribution is 0.0491. The lowest BCUT2D eigenvalue weighted by atomic mass is 9.87. The Morgan fingerprint density at radius 1 is 0.245 bits per heavy atom. The molecule has 106 heavy (non-hydrogen) atoms. The Balaban J connectivity index is 0.000000175. The number of unbranched alkanes of at least 4 members (excludes halogenated alkanes) is 2. The van der Waals surface area contributed by atoms with Crippen molar-refractivity contribution in [2.75, 3.05) is 13.2 Å². The van der Waals surface area contributed by atoms with Gasteiger partial charge in [0, 0.05) is 55.6 Å². The molecule has 0 spiro atoms. The fourth-order valence-corrected chi connectivity index (χ4v) is 15.2. The molecule has 0 heterocycles. The maximum Gasteiger partial charge on any atom is 0.338 e. The molecule has 12 heteroatoms. The fraction of sp³-hybridized carbons (Fsp3) is 0.170. The smallest absolute Gasteiger partial charge is 0.338 e. The second-order valence-corrected chi connectivity index (χ2v) is 27.7. The minimum absolute atomic E-state index is 0.321. The van der Waals surface area contributed by atoms with Gasteiger partial charge in [-0.15, -0.1) is 40.8 Å². The first-order valence-corrected chi connectivity index (χ1v) is 36.5. The molecule has 0 amide bonds. The molecule has 0 N–H and O–H groups in total. The molecule has 16 rings (SSSR count). The largest absolute Gasteiger partial charge is 0.462 e. The molecule has 0 aromatic heterocycles. The third-order valence-corrected chi connectivity index (χ3v) is 20.4. The van der Waals surface area contributed by atoms with Gasteiger partial charge in [-0.25, -0.2) is 9.59 Å². The average Bonchev–Trinajstić information content (AvgIpc) is 1.54. The van der Waals surface area contributed by atoms with Crippen LogP contribution in [0.5, 0.6) is 0 Å². The molecule has 0 unspecified atom stereocenters. The highest BCUT2D eigenvalue weighted by Gasteiger charge is 2.33. The SMILES string of the molecule is CC1=CC(=C2C=C(C)C(=NN=C3c4ccccc4-c4ccccc43)C(C)=C2)C=C(C)C1=NN=C1c2ccccc2-c2ccccc21.CCCCOC(=O)c1cccc2c1-c1ccccc1C2=NN=C1C(C)=CC(=C2C=C(C)C(=NN=C3c4ccccc4-c4c(C(=O)OCCCC)cccc43)C(C)=C2)C=C1C. The molecule has 0 radical (unpaired) electrons. The average molecular weight is 1390 g/mol. The zero-order valence-corrected chi connectivity index (χ0v) is 61.4. The molecule has 0 saturated carbocycles. The minimum Gasteiger partial charge on any atom is -0.462 e. The van der Waals surface area contributed by atoms with Gasteiger partial charge in [0.25, 0.3) is 0 Å². The predicted octanol–water partition coefficient (Wildman–Crippen LogP) is 21.6. The zero-order chi connectivity index (χ0) is 73.3. The lowest BCUT2D eigenvalue weighted by Gasteiger charge is -2.18. The summed E-state index contributed by atoms with van der Waals surface area (Å²) in [5.74, 6) is -0.643. The molecule has 0 aliphatic heterocycles. The van der Waals surface area contributed by atoms with Crippen molar-refractivity contribution in [3.05, 3.63) is 353 Å². The van der Waals surface area contributed by atoms with Crippen LogP contribution in [-0.2, 0) is 9.47 Å². The standard InChI is InChI=1S/C52H48N4O4.C42H32N4/c1-7-9-25-59-51(57)43-23-15-21-41-45(43)37-17-11-13-19-39(37)49(41)55-53-47-31(3)27-35(28-32(47)4)36-29-33(5)48(34(6)30-36)54-56-50-40-20-14-12-18-38(40)46-42(50)22-16-24-44(46)52(58)60-26-10-8-2;1-25-21-29(22-26(2)39(25)43-45-41-35-17-9-5-13-31(35)32-14-6-10-18-36(32)41)30-23-27(3)40(28(4)24-30)44-46-42-37-19-11-7-15-33(37)34-16-8-12-20-38(34)42/h11-24,27-30H,7-10,25-26H2,1-6H3;5-24H,1-4H3. The number of fused-ring (bicyclic) bond motifs is 12. The minimum atomic E-state index is -0.321. The van der Waals surface area contributed by atoms with E-state index in [1.165, 1.54) is 22.3 Å². The number of ether oxygens (including phenoxy) is 2. The predicted molar refractivity (Wildman–Crippen MR) is 434 cm³/mol. The summed E-state index contributed by atoms with van der Waals surface area (Å²) in [6, 6.07) is 61.2. The third-order valence-electron chi connectivity index (χ3n) is 20.4. The molecular formula is C94H80N8O4. The Morgan fingerprint density at radius 2 is 0.443 bits per heavy atom. The molecule has 520 valence electrons. The Morgan fingerprint density at radius 3 is 0.689 bits per heavy atom. The van der Waals surface area contributed by atoms with Gasteiger partial charge >= 0.3 is 11.9 Å². The molecule has 0 atom stereocenters. The van der Waals surface area contributed by atoms with Crippen molar-refractivity contribution in [3.8, 4) is 44.5 Å². The number of hydrogen-bond donors (Lipinski definition) is 0. The maximum atomic E-state index is 13.2. The molecule has 12 nitrogen and oxygen atoms in total. The third kappa shape index (κ3) is 13.1. The van der Waals surface area contributed by atoms with E-state index in [2.05, 4.69) is 215 Å². The second-order valence-electron chi connectivity index (χ2n) is 27.7. The molecule has 8 aromatic rings. The Labute approximate surface area is 619 Å². The number of hydrogen-bond acceptors (Lipinski definition) is 12. The van der Waals surface area contributed by atoms with Crippen LogP contribution >= 0.6 is 0 Å². The summed E-state index contributed by atoms with van der Waals surface area (Å²) in [5, 5.41) is 38.7. The zero-order valence-electron chi connectivity index (χ0n) is 61.4. The summed E-state index contributed by atoms with van der Waals surface area (Å²) in [6.07, 6.45) is 21.0. The van der Waals surface area contributed by atoms with Gasteiger partial charge in [-0.1, -0.05) is 197 Å². The molecule has 0 saturated heterocycles. The summed E-state index contributed by atoms with van der Waals surface area (Å²) in [7, 11) is 0. The van der Waals surface area contributed by atoms with Crippen molar-refractivity contribution in [1.29, 1.82) is 0 Å². The van der Waals surface area contributed by atoms with E-state index in [1.54, 1.807) is 0 Å².